The average Bonchev–Trinajstić information content (AvgIpc) is 3.34. The first kappa shape index (κ1) is 23.0. The standard InChI is InChI=1S/C26H25FN4O3/c1-4-34-24-13-17(8-10-19(24)16-9-11-22(27)20(12-16)25(32)28-2)26(33)31(3)15-18-6-5-7-23-21(18)14-29-30-23/h5-14H,4,15H2,1-3H3,(H,28,32)(H,29,30). The van der Waals surface area contributed by atoms with Crippen molar-refractivity contribution < 1.29 is 18.7 Å². The number of amides is 2. The van der Waals surface area contributed by atoms with E-state index in [2.05, 4.69) is 15.5 Å². The zero-order valence-electron chi connectivity index (χ0n) is 19.2. The number of carbonyl (C=O) groups excluding carboxylic acids is 2. The zero-order valence-corrected chi connectivity index (χ0v) is 19.2. The molecule has 1 heterocycles. The smallest absolute Gasteiger partial charge is 0.254 e. The maximum Gasteiger partial charge on any atom is 0.254 e. The third-order valence-electron chi connectivity index (χ3n) is 5.61. The molecule has 2 amide bonds. The van der Waals surface area contributed by atoms with Gasteiger partial charge >= 0.3 is 0 Å². The number of aromatic amines is 1. The maximum absolute atomic E-state index is 14.1. The van der Waals surface area contributed by atoms with Gasteiger partial charge in [0.2, 0.25) is 0 Å². The Balaban J connectivity index is 1.64. The summed E-state index contributed by atoms with van der Waals surface area (Å²) in [5, 5.41) is 10.4. The summed E-state index contributed by atoms with van der Waals surface area (Å²) in [5.74, 6) is -0.813. The Bertz CT molecular complexity index is 1370. The van der Waals surface area contributed by atoms with Crippen molar-refractivity contribution in [3.8, 4) is 16.9 Å². The lowest BCUT2D eigenvalue weighted by Crippen LogP contribution is -2.26. The fourth-order valence-corrected chi connectivity index (χ4v) is 3.89. The van der Waals surface area contributed by atoms with Crippen molar-refractivity contribution in [2.45, 2.75) is 13.5 Å². The molecule has 0 spiro atoms. The molecule has 1 aromatic heterocycles. The summed E-state index contributed by atoms with van der Waals surface area (Å²) >= 11 is 0. The first-order valence-electron chi connectivity index (χ1n) is 10.9. The van der Waals surface area contributed by atoms with E-state index in [0.717, 1.165) is 16.5 Å². The highest BCUT2D eigenvalue weighted by molar-refractivity contribution is 5.97. The summed E-state index contributed by atoms with van der Waals surface area (Å²) in [7, 11) is 3.19. The Kier molecular flexibility index (Phi) is 6.58. The molecular weight excluding hydrogens is 435 g/mol. The molecule has 4 aromatic rings. The molecule has 0 radical (unpaired) electrons. The number of carbonyl (C=O) groups is 2. The van der Waals surface area contributed by atoms with Crippen LogP contribution in [0.4, 0.5) is 4.39 Å². The monoisotopic (exact) mass is 460 g/mol. The van der Waals surface area contributed by atoms with Gasteiger partial charge in [-0.25, -0.2) is 4.39 Å². The minimum atomic E-state index is -0.609. The lowest BCUT2D eigenvalue weighted by molar-refractivity contribution is 0.0785. The van der Waals surface area contributed by atoms with E-state index in [1.807, 2.05) is 25.1 Å². The van der Waals surface area contributed by atoms with E-state index in [0.29, 0.717) is 35.6 Å². The normalized spacial score (nSPS) is 10.8. The van der Waals surface area contributed by atoms with Crippen LogP contribution in [0, 0.1) is 5.82 Å². The number of H-pyrrole nitrogens is 1. The van der Waals surface area contributed by atoms with E-state index in [-0.39, 0.29) is 11.5 Å². The van der Waals surface area contributed by atoms with Gasteiger partial charge in [0.1, 0.15) is 11.6 Å². The Hall–Kier alpha value is -4.20. The van der Waals surface area contributed by atoms with Gasteiger partial charge in [0.05, 0.1) is 23.9 Å². The molecule has 8 heteroatoms. The number of halogens is 1. The van der Waals surface area contributed by atoms with Gasteiger partial charge in [0.25, 0.3) is 11.8 Å². The van der Waals surface area contributed by atoms with Crippen molar-refractivity contribution in [1.82, 2.24) is 20.4 Å². The minimum Gasteiger partial charge on any atom is -0.493 e. The van der Waals surface area contributed by atoms with Gasteiger partial charge in [-0.15, -0.1) is 0 Å². The number of benzene rings is 3. The van der Waals surface area contributed by atoms with Crippen molar-refractivity contribution in [3.63, 3.8) is 0 Å². The van der Waals surface area contributed by atoms with E-state index in [9.17, 15) is 14.0 Å². The van der Waals surface area contributed by atoms with E-state index in [4.69, 9.17) is 4.74 Å². The molecule has 3 aromatic carbocycles. The third-order valence-corrected chi connectivity index (χ3v) is 5.61. The third kappa shape index (κ3) is 4.47. The van der Waals surface area contributed by atoms with Crippen LogP contribution in [0.2, 0.25) is 0 Å². The quantitative estimate of drug-likeness (QED) is 0.428. The molecule has 0 saturated carbocycles. The van der Waals surface area contributed by atoms with Gasteiger partial charge in [-0.2, -0.15) is 5.10 Å². The Morgan fingerprint density at radius 2 is 1.97 bits per heavy atom. The second kappa shape index (κ2) is 9.74. The summed E-state index contributed by atoms with van der Waals surface area (Å²) in [6.07, 6.45) is 1.75. The number of nitrogens with one attached hydrogen (secondary N) is 2. The Morgan fingerprint density at radius 3 is 2.74 bits per heavy atom. The first-order chi connectivity index (χ1) is 16.4. The predicted molar refractivity (Wildman–Crippen MR) is 128 cm³/mol. The van der Waals surface area contributed by atoms with Crippen molar-refractivity contribution in [2.24, 2.45) is 0 Å². The van der Waals surface area contributed by atoms with E-state index < -0.39 is 11.7 Å². The molecular formula is C26H25FN4O3. The summed E-state index contributed by atoms with van der Waals surface area (Å²) in [6, 6.07) is 15.3. The highest BCUT2D eigenvalue weighted by Gasteiger charge is 2.18. The topological polar surface area (TPSA) is 87.3 Å². The molecule has 4 rings (SSSR count). The lowest BCUT2D eigenvalue weighted by atomic mass is 9.99. The van der Waals surface area contributed by atoms with Crippen LogP contribution in [-0.2, 0) is 6.54 Å². The second-order valence-corrected chi connectivity index (χ2v) is 7.83. The number of nitrogens with zero attached hydrogens (tertiary/aromatic N) is 2. The largest absolute Gasteiger partial charge is 0.493 e. The number of hydrogen-bond acceptors (Lipinski definition) is 4. The van der Waals surface area contributed by atoms with Crippen LogP contribution in [0.25, 0.3) is 22.0 Å². The fraction of sp³-hybridized carbons (Fsp3) is 0.192. The molecule has 0 saturated heterocycles. The molecule has 0 aliphatic carbocycles. The number of hydrogen-bond donors (Lipinski definition) is 2. The highest BCUT2D eigenvalue weighted by Crippen LogP contribution is 2.33. The first-order valence-corrected chi connectivity index (χ1v) is 10.9. The molecule has 0 aliphatic heterocycles. The molecule has 2 N–H and O–H groups in total. The number of aromatic nitrogens is 2. The van der Waals surface area contributed by atoms with Gasteiger partial charge < -0.3 is 15.0 Å². The van der Waals surface area contributed by atoms with Crippen LogP contribution in [0.15, 0.2) is 60.8 Å². The van der Waals surface area contributed by atoms with Gasteiger partial charge in [-0.3, -0.25) is 14.7 Å². The summed E-state index contributed by atoms with van der Waals surface area (Å²) in [5.41, 5.74) is 3.57. The summed E-state index contributed by atoms with van der Waals surface area (Å²) < 4.78 is 19.9. The SMILES string of the molecule is CCOc1cc(C(=O)N(C)Cc2cccc3[nH]ncc23)ccc1-c1ccc(F)c(C(=O)NC)c1. The van der Waals surface area contributed by atoms with Crippen LogP contribution in [0.5, 0.6) is 5.75 Å². The van der Waals surface area contributed by atoms with Gasteiger partial charge in [0, 0.05) is 37.2 Å². The predicted octanol–water partition coefficient (Wildman–Crippen LogP) is 4.40. The molecule has 0 aliphatic rings. The van der Waals surface area contributed by atoms with Crippen LogP contribution < -0.4 is 10.1 Å². The van der Waals surface area contributed by atoms with Crippen LogP contribution in [-0.4, -0.2) is 47.6 Å². The molecule has 0 fully saturated rings. The highest BCUT2D eigenvalue weighted by atomic mass is 19.1. The molecule has 7 nitrogen and oxygen atoms in total. The second-order valence-electron chi connectivity index (χ2n) is 7.83. The number of fused-ring (bicyclic) bond motifs is 1. The van der Waals surface area contributed by atoms with Gasteiger partial charge in [-0.1, -0.05) is 18.2 Å². The van der Waals surface area contributed by atoms with Gasteiger partial charge in [-0.05, 0) is 54.4 Å². The average molecular weight is 461 g/mol. The molecule has 0 atom stereocenters. The van der Waals surface area contributed by atoms with Crippen molar-refractivity contribution in [1.29, 1.82) is 0 Å². The van der Waals surface area contributed by atoms with E-state index in [1.54, 1.807) is 42.4 Å². The van der Waals surface area contributed by atoms with Crippen LogP contribution in [0.1, 0.15) is 33.2 Å². The van der Waals surface area contributed by atoms with Crippen molar-refractivity contribution in [3.05, 3.63) is 83.3 Å². The van der Waals surface area contributed by atoms with E-state index >= 15 is 0 Å². The van der Waals surface area contributed by atoms with Crippen LogP contribution in [0.3, 0.4) is 0 Å². The van der Waals surface area contributed by atoms with Crippen molar-refractivity contribution >= 4 is 22.7 Å². The maximum atomic E-state index is 14.1. The number of ether oxygens (including phenoxy) is 1. The zero-order chi connectivity index (χ0) is 24.2. The molecule has 0 bridgehead atoms. The van der Waals surface area contributed by atoms with Crippen molar-refractivity contribution in [2.75, 3.05) is 20.7 Å². The summed E-state index contributed by atoms with van der Waals surface area (Å²) in [4.78, 5) is 26.9. The molecule has 174 valence electrons. The van der Waals surface area contributed by atoms with E-state index in [1.165, 1.54) is 19.2 Å². The number of rotatable bonds is 7. The lowest BCUT2D eigenvalue weighted by Gasteiger charge is -2.19. The Morgan fingerprint density at radius 1 is 1.15 bits per heavy atom. The fourth-order valence-electron chi connectivity index (χ4n) is 3.89. The molecule has 34 heavy (non-hydrogen) atoms. The Labute approximate surface area is 196 Å². The van der Waals surface area contributed by atoms with Crippen LogP contribution >= 0.6 is 0 Å². The summed E-state index contributed by atoms with van der Waals surface area (Å²) in [6.45, 7) is 2.64. The van der Waals surface area contributed by atoms with Gasteiger partial charge in [0.15, 0.2) is 0 Å². The molecule has 0 unspecified atom stereocenters. The minimum absolute atomic E-state index is 0.0595.